The molecule has 3 rings (SSSR count). The number of carbonyl (C=O) groups excluding carboxylic acids is 1. The molecule has 0 aromatic rings. The molecule has 0 saturated carbocycles. The molecule has 2 aliphatic heterocycles. The lowest BCUT2D eigenvalue weighted by molar-refractivity contribution is -0.125. The third kappa shape index (κ3) is 4.32. The van der Waals surface area contributed by atoms with E-state index in [0.717, 1.165) is 45.1 Å². The van der Waals surface area contributed by atoms with Crippen molar-refractivity contribution >= 4 is 5.91 Å². The summed E-state index contributed by atoms with van der Waals surface area (Å²) in [7, 11) is 0. The molecule has 1 amide bonds. The normalized spacial score (nSPS) is 28.6. The van der Waals surface area contributed by atoms with Crippen molar-refractivity contribution in [2.45, 2.75) is 51.0 Å². The van der Waals surface area contributed by atoms with Crippen LogP contribution in [0.25, 0.3) is 0 Å². The van der Waals surface area contributed by atoms with Gasteiger partial charge in [0.05, 0.1) is 0 Å². The lowest BCUT2D eigenvalue weighted by Crippen LogP contribution is -2.46. The number of allylic oxidation sites excluding steroid dienone is 2. The van der Waals surface area contributed by atoms with Gasteiger partial charge in [0.25, 0.3) is 0 Å². The maximum atomic E-state index is 12.2. The van der Waals surface area contributed by atoms with Gasteiger partial charge in [-0.05, 0) is 64.0 Å². The van der Waals surface area contributed by atoms with Gasteiger partial charge in [-0.1, -0.05) is 12.2 Å². The molecule has 1 atom stereocenters. The minimum Gasteiger partial charge on any atom is -0.381 e. The Labute approximate surface area is 134 Å². The standard InChI is InChI=1S/C18H30N2O2/c21-18(16-4-2-1-3-5-16)19-14-15-6-10-20(11-7-15)17-8-12-22-13-9-17/h1-2,15-17H,3-14H2,(H,19,21)/t16-/m0/s1. The Hall–Kier alpha value is -0.870. The van der Waals surface area contributed by atoms with Gasteiger partial charge in [0, 0.05) is 31.7 Å². The van der Waals surface area contributed by atoms with Crippen molar-refractivity contribution in [3.63, 3.8) is 0 Å². The average Bonchev–Trinajstić information content (AvgIpc) is 2.61. The Morgan fingerprint density at radius 3 is 2.55 bits per heavy atom. The van der Waals surface area contributed by atoms with E-state index in [1.54, 1.807) is 0 Å². The molecule has 4 heteroatoms. The molecule has 3 aliphatic rings. The van der Waals surface area contributed by atoms with Gasteiger partial charge in [0.2, 0.25) is 5.91 Å². The van der Waals surface area contributed by atoms with E-state index in [0.29, 0.717) is 5.92 Å². The largest absolute Gasteiger partial charge is 0.381 e. The zero-order chi connectivity index (χ0) is 15.2. The minimum absolute atomic E-state index is 0.215. The molecule has 2 fully saturated rings. The van der Waals surface area contributed by atoms with Crippen LogP contribution in [0.3, 0.4) is 0 Å². The molecule has 1 N–H and O–H groups in total. The molecule has 0 radical (unpaired) electrons. The van der Waals surface area contributed by atoms with Crippen LogP contribution in [0, 0.1) is 11.8 Å². The molecule has 4 nitrogen and oxygen atoms in total. The van der Waals surface area contributed by atoms with Gasteiger partial charge in [-0.15, -0.1) is 0 Å². The van der Waals surface area contributed by atoms with E-state index < -0.39 is 0 Å². The molecule has 2 saturated heterocycles. The number of rotatable bonds is 4. The van der Waals surface area contributed by atoms with Gasteiger partial charge in [0.1, 0.15) is 0 Å². The van der Waals surface area contributed by atoms with Crippen LogP contribution in [0.15, 0.2) is 12.2 Å². The highest BCUT2D eigenvalue weighted by Crippen LogP contribution is 2.23. The van der Waals surface area contributed by atoms with E-state index in [1.165, 1.54) is 38.8 Å². The predicted molar refractivity (Wildman–Crippen MR) is 87.6 cm³/mol. The first-order chi connectivity index (χ1) is 10.8. The molecule has 0 bridgehead atoms. The summed E-state index contributed by atoms with van der Waals surface area (Å²) in [5, 5.41) is 3.21. The number of piperidine rings is 1. The first kappa shape index (κ1) is 16.0. The molecule has 0 unspecified atom stereocenters. The molecule has 0 spiro atoms. The number of hydrogen-bond acceptors (Lipinski definition) is 3. The highest BCUT2D eigenvalue weighted by Gasteiger charge is 2.27. The molecule has 22 heavy (non-hydrogen) atoms. The van der Waals surface area contributed by atoms with E-state index in [1.807, 2.05) is 0 Å². The Balaban J connectivity index is 1.35. The van der Waals surface area contributed by atoms with Crippen molar-refractivity contribution in [3.05, 3.63) is 12.2 Å². The van der Waals surface area contributed by atoms with Gasteiger partial charge < -0.3 is 15.0 Å². The first-order valence-corrected chi connectivity index (χ1v) is 9.07. The zero-order valence-corrected chi connectivity index (χ0v) is 13.6. The van der Waals surface area contributed by atoms with E-state index in [-0.39, 0.29) is 11.8 Å². The van der Waals surface area contributed by atoms with Gasteiger partial charge in [0.15, 0.2) is 0 Å². The lowest BCUT2D eigenvalue weighted by atomic mass is 9.92. The minimum atomic E-state index is 0.215. The first-order valence-electron chi connectivity index (χ1n) is 9.07. The number of hydrogen-bond donors (Lipinski definition) is 1. The van der Waals surface area contributed by atoms with Crippen LogP contribution in [0.1, 0.15) is 44.9 Å². The second kappa shape index (κ2) is 8.11. The number of nitrogens with zero attached hydrogens (tertiary/aromatic N) is 1. The van der Waals surface area contributed by atoms with Crippen LogP contribution >= 0.6 is 0 Å². The van der Waals surface area contributed by atoms with Gasteiger partial charge in [-0.25, -0.2) is 0 Å². The van der Waals surface area contributed by atoms with E-state index in [9.17, 15) is 4.79 Å². The Kier molecular flexibility index (Phi) is 5.90. The van der Waals surface area contributed by atoms with Crippen LogP contribution in [0.5, 0.6) is 0 Å². The fraction of sp³-hybridized carbons (Fsp3) is 0.833. The van der Waals surface area contributed by atoms with Crippen molar-refractivity contribution in [1.82, 2.24) is 10.2 Å². The van der Waals surface area contributed by atoms with Gasteiger partial charge >= 0.3 is 0 Å². The topological polar surface area (TPSA) is 41.6 Å². The molecular weight excluding hydrogens is 276 g/mol. The molecule has 1 aliphatic carbocycles. The van der Waals surface area contributed by atoms with E-state index >= 15 is 0 Å². The average molecular weight is 306 g/mol. The van der Waals surface area contributed by atoms with Crippen molar-refractivity contribution in [3.8, 4) is 0 Å². The number of nitrogens with one attached hydrogen (secondary N) is 1. The van der Waals surface area contributed by atoms with Gasteiger partial charge in [-0.3, -0.25) is 4.79 Å². The highest BCUT2D eigenvalue weighted by molar-refractivity contribution is 5.78. The molecule has 0 aromatic carbocycles. The van der Waals surface area contributed by atoms with Crippen LogP contribution in [-0.4, -0.2) is 49.7 Å². The predicted octanol–water partition coefficient (Wildman–Crippen LogP) is 2.35. The van der Waals surface area contributed by atoms with Crippen molar-refractivity contribution < 1.29 is 9.53 Å². The van der Waals surface area contributed by atoms with Crippen LogP contribution in [-0.2, 0) is 9.53 Å². The second-order valence-corrected chi connectivity index (χ2v) is 7.05. The van der Waals surface area contributed by atoms with Crippen LogP contribution in [0.4, 0.5) is 0 Å². The van der Waals surface area contributed by atoms with Crippen molar-refractivity contribution in [2.75, 3.05) is 32.8 Å². The fourth-order valence-corrected chi connectivity index (χ4v) is 3.99. The van der Waals surface area contributed by atoms with Crippen molar-refractivity contribution in [2.24, 2.45) is 11.8 Å². The number of carbonyl (C=O) groups is 1. The van der Waals surface area contributed by atoms with E-state index in [2.05, 4.69) is 22.4 Å². The summed E-state index contributed by atoms with van der Waals surface area (Å²) >= 11 is 0. The maximum absolute atomic E-state index is 12.2. The molecule has 0 aromatic heterocycles. The number of likely N-dealkylation sites (tertiary alicyclic amines) is 1. The quantitative estimate of drug-likeness (QED) is 0.811. The summed E-state index contributed by atoms with van der Waals surface area (Å²) in [4.78, 5) is 14.8. The second-order valence-electron chi connectivity index (χ2n) is 7.05. The highest BCUT2D eigenvalue weighted by atomic mass is 16.5. The summed E-state index contributed by atoms with van der Waals surface area (Å²) < 4.78 is 5.46. The van der Waals surface area contributed by atoms with Gasteiger partial charge in [-0.2, -0.15) is 0 Å². The molecule has 2 heterocycles. The molecule has 124 valence electrons. The number of amides is 1. The summed E-state index contributed by atoms with van der Waals surface area (Å²) in [6, 6.07) is 0.735. The third-order valence-corrected chi connectivity index (χ3v) is 5.56. The van der Waals surface area contributed by atoms with Crippen LogP contribution in [0.2, 0.25) is 0 Å². The maximum Gasteiger partial charge on any atom is 0.223 e. The number of ether oxygens (including phenoxy) is 1. The summed E-state index contributed by atoms with van der Waals surface area (Å²) in [6.45, 7) is 5.11. The van der Waals surface area contributed by atoms with Crippen molar-refractivity contribution in [1.29, 1.82) is 0 Å². The monoisotopic (exact) mass is 306 g/mol. The smallest absolute Gasteiger partial charge is 0.223 e. The zero-order valence-electron chi connectivity index (χ0n) is 13.6. The summed E-state index contributed by atoms with van der Waals surface area (Å²) in [5.41, 5.74) is 0. The fourth-order valence-electron chi connectivity index (χ4n) is 3.99. The Bertz CT molecular complexity index is 383. The molecular formula is C18H30N2O2. The Morgan fingerprint density at radius 1 is 1.09 bits per heavy atom. The van der Waals surface area contributed by atoms with Crippen LogP contribution < -0.4 is 5.32 Å². The summed E-state index contributed by atoms with van der Waals surface area (Å²) in [5.74, 6) is 1.16. The SMILES string of the molecule is O=C(NCC1CCN(C2CCOCC2)CC1)[C@H]1CC=CCC1. The third-order valence-electron chi connectivity index (χ3n) is 5.56. The summed E-state index contributed by atoms with van der Waals surface area (Å²) in [6.07, 6.45) is 12.2. The van der Waals surface area contributed by atoms with E-state index in [4.69, 9.17) is 4.74 Å². The lowest BCUT2D eigenvalue weighted by Gasteiger charge is -2.39. The Morgan fingerprint density at radius 2 is 1.86 bits per heavy atom.